The van der Waals surface area contributed by atoms with Crippen molar-refractivity contribution >= 4 is 23.1 Å². The molecule has 2 heterocycles. The van der Waals surface area contributed by atoms with E-state index in [4.69, 9.17) is 0 Å². The molecule has 132 valence electrons. The van der Waals surface area contributed by atoms with Crippen LogP contribution in [0.4, 0.5) is 17.2 Å². The van der Waals surface area contributed by atoms with E-state index in [1.807, 2.05) is 26.0 Å². The third kappa shape index (κ3) is 4.47. The van der Waals surface area contributed by atoms with Gasteiger partial charge in [0.15, 0.2) is 0 Å². The summed E-state index contributed by atoms with van der Waals surface area (Å²) in [5.74, 6) is 0.433. The van der Waals surface area contributed by atoms with E-state index >= 15 is 0 Å². The number of carbonyl (C=O) groups is 1. The molecular formula is C19H25N5O. The number of rotatable bonds is 6. The van der Waals surface area contributed by atoms with E-state index in [1.165, 1.54) is 24.9 Å². The van der Waals surface area contributed by atoms with Crippen molar-refractivity contribution < 1.29 is 4.79 Å². The van der Waals surface area contributed by atoms with E-state index in [2.05, 4.69) is 37.6 Å². The van der Waals surface area contributed by atoms with Crippen molar-refractivity contribution in [1.82, 2.24) is 15.3 Å². The quantitative estimate of drug-likeness (QED) is 0.844. The maximum Gasteiger partial charge on any atom is 0.270 e. The number of anilines is 3. The summed E-state index contributed by atoms with van der Waals surface area (Å²) in [7, 11) is 0. The lowest BCUT2D eigenvalue weighted by atomic mass is 10.2. The molecule has 2 aromatic rings. The molecule has 1 saturated heterocycles. The van der Waals surface area contributed by atoms with Crippen LogP contribution in [0.5, 0.6) is 0 Å². The standard InChI is InChI=1S/C19H25N5O/c1-3-14(2)22-19(25)17-12-18(21-13-20-17)23-15-6-8-16(9-7-15)24-10-4-5-11-24/h6-9,12-14H,3-5,10-11H2,1-2H3,(H,22,25)(H,20,21,23). The van der Waals surface area contributed by atoms with Crippen LogP contribution >= 0.6 is 0 Å². The summed E-state index contributed by atoms with van der Waals surface area (Å²) < 4.78 is 0. The number of benzene rings is 1. The van der Waals surface area contributed by atoms with Crippen LogP contribution in [0.15, 0.2) is 36.7 Å². The Morgan fingerprint density at radius 1 is 1.20 bits per heavy atom. The summed E-state index contributed by atoms with van der Waals surface area (Å²) in [6, 6.07) is 10.1. The zero-order valence-electron chi connectivity index (χ0n) is 14.8. The molecule has 6 heteroatoms. The lowest BCUT2D eigenvalue weighted by molar-refractivity contribution is 0.0934. The first-order chi connectivity index (χ1) is 12.2. The van der Waals surface area contributed by atoms with Gasteiger partial charge in [-0.2, -0.15) is 0 Å². The summed E-state index contributed by atoms with van der Waals surface area (Å²) in [6.07, 6.45) is 4.82. The molecular weight excluding hydrogens is 314 g/mol. The topological polar surface area (TPSA) is 70.2 Å². The number of nitrogens with one attached hydrogen (secondary N) is 2. The van der Waals surface area contributed by atoms with Crippen molar-refractivity contribution in [1.29, 1.82) is 0 Å². The lowest BCUT2D eigenvalue weighted by Crippen LogP contribution is -2.32. The maximum atomic E-state index is 12.2. The lowest BCUT2D eigenvalue weighted by Gasteiger charge is -2.18. The molecule has 1 atom stereocenters. The summed E-state index contributed by atoms with van der Waals surface area (Å²) in [4.78, 5) is 22.8. The molecule has 6 nitrogen and oxygen atoms in total. The van der Waals surface area contributed by atoms with Gasteiger partial charge in [0.2, 0.25) is 0 Å². The van der Waals surface area contributed by atoms with Gasteiger partial charge < -0.3 is 15.5 Å². The molecule has 1 fully saturated rings. The summed E-state index contributed by atoms with van der Waals surface area (Å²) in [6.45, 7) is 6.27. The van der Waals surface area contributed by atoms with E-state index in [9.17, 15) is 4.79 Å². The van der Waals surface area contributed by atoms with Gasteiger partial charge in [-0.15, -0.1) is 0 Å². The number of hydrogen-bond acceptors (Lipinski definition) is 5. The van der Waals surface area contributed by atoms with Gasteiger partial charge in [0.1, 0.15) is 17.8 Å². The molecule has 1 aliphatic rings. The van der Waals surface area contributed by atoms with Crippen molar-refractivity contribution in [3.05, 3.63) is 42.4 Å². The first-order valence-corrected chi connectivity index (χ1v) is 8.90. The Bertz CT molecular complexity index is 710. The average Bonchev–Trinajstić information content (AvgIpc) is 3.17. The second-order valence-electron chi connectivity index (χ2n) is 6.44. The fraction of sp³-hybridized carbons (Fsp3) is 0.421. The highest BCUT2D eigenvalue weighted by atomic mass is 16.1. The van der Waals surface area contributed by atoms with Gasteiger partial charge in [-0.1, -0.05) is 6.92 Å². The minimum Gasteiger partial charge on any atom is -0.372 e. The van der Waals surface area contributed by atoms with Gasteiger partial charge in [0.05, 0.1) is 0 Å². The first-order valence-electron chi connectivity index (χ1n) is 8.90. The van der Waals surface area contributed by atoms with Crippen LogP contribution in [0, 0.1) is 0 Å². The van der Waals surface area contributed by atoms with Gasteiger partial charge in [-0.3, -0.25) is 4.79 Å². The highest BCUT2D eigenvalue weighted by molar-refractivity contribution is 5.93. The first kappa shape index (κ1) is 17.2. The van der Waals surface area contributed by atoms with Crippen LogP contribution in [0.1, 0.15) is 43.6 Å². The monoisotopic (exact) mass is 339 g/mol. The molecule has 1 aliphatic heterocycles. The largest absolute Gasteiger partial charge is 0.372 e. The van der Waals surface area contributed by atoms with Crippen LogP contribution in [0.2, 0.25) is 0 Å². The van der Waals surface area contributed by atoms with E-state index in [0.717, 1.165) is 25.2 Å². The van der Waals surface area contributed by atoms with Crippen molar-refractivity contribution in [2.24, 2.45) is 0 Å². The summed E-state index contributed by atoms with van der Waals surface area (Å²) in [5.41, 5.74) is 2.56. The minimum absolute atomic E-state index is 0.122. The van der Waals surface area contributed by atoms with Crippen molar-refractivity contribution in [2.75, 3.05) is 23.3 Å². The van der Waals surface area contributed by atoms with Gasteiger partial charge in [0.25, 0.3) is 5.91 Å². The second-order valence-corrected chi connectivity index (χ2v) is 6.44. The van der Waals surface area contributed by atoms with Gasteiger partial charge in [-0.05, 0) is 50.5 Å². The molecule has 1 amide bonds. The smallest absolute Gasteiger partial charge is 0.270 e. The molecule has 0 aliphatic carbocycles. The third-order valence-electron chi connectivity index (χ3n) is 4.50. The Morgan fingerprint density at radius 2 is 1.92 bits per heavy atom. The molecule has 25 heavy (non-hydrogen) atoms. The van der Waals surface area contributed by atoms with Crippen molar-refractivity contribution in [3.8, 4) is 0 Å². The van der Waals surface area contributed by atoms with Crippen LogP contribution in [-0.2, 0) is 0 Å². The number of nitrogens with zero attached hydrogens (tertiary/aromatic N) is 3. The van der Waals surface area contributed by atoms with Gasteiger partial charge in [0, 0.05) is 36.6 Å². The number of carbonyl (C=O) groups excluding carboxylic acids is 1. The molecule has 1 aromatic carbocycles. The normalized spacial score (nSPS) is 15.0. The van der Waals surface area contributed by atoms with E-state index in [0.29, 0.717) is 11.5 Å². The Hall–Kier alpha value is -2.63. The predicted molar refractivity (Wildman–Crippen MR) is 100 cm³/mol. The Balaban J connectivity index is 1.66. The van der Waals surface area contributed by atoms with Crippen LogP contribution in [0.3, 0.4) is 0 Å². The van der Waals surface area contributed by atoms with Crippen LogP contribution in [0.25, 0.3) is 0 Å². The van der Waals surface area contributed by atoms with Gasteiger partial charge in [-0.25, -0.2) is 9.97 Å². The zero-order chi connectivity index (χ0) is 17.6. The van der Waals surface area contributed by atoms with Crippen molar-refractivity contribution in [3.63, 3.8) is 0 Å². The SMILES string of the molecule is CCC(C)NC(=O)c1cc(Nc2ccc(N3CCCC3)cc2)ncn1. The summed E-state index contributed by atoms with van der Waals surface area (Å²) >= 11 is 0. The van der Waals surface area contributed by atoms with Gasteiger partial charge >= 0.3 is 0 Å². The summed E-state index contributed by atoms with van der Waals surface area (Å²) in [5, 5.41) is 6.15. The highest BCUT2D eigenvalue weighted by Gasteiger charge is 2.13. The Morgan fingerprint density at radius 3 is 2.60 bits per heavy atom. The molecule has 2 N–H and O–H groups in total. The molecule has 0 radical (unpaired) electrons. The van der Waals surface area contributed by atoms with E-state index in [-0.39, 0.29) is 11.9 Å². The molecule has 0 spiro atoms. The molecule has 1 aromatic heterocycles. The average molecular weight is 339 g/mol. The Kier molecular flexibility index (Phi) is 5.48. The van der Waals surface area contributed by atoms with Crippen LogP contribution < -0.4 is 15.5 Å². The molecule has 0 saturated carbocycles. The van der Waals surface area contributed by atoms with E-state index in [1.54, 1.807) is 6.07 Å². The van der Waals surface area contributed by atoms with Crippen LogP contribution in [-0.4, -0.2) is 35.0 Å². The maximum absolute atomic E-state index is 12.2. The third-order valence-corrected chi connectivity index (χ3v) is 4.50. The Labute approximate surface area is 148 Å². The number of aromatic nitrogens is 2. The highest BCUT2D eigenvalue weighted by Crippen LogP contribution is 2.23. The predicted octanol–water partition coefficient (Wildman–Crippen LogP) is 3.35. The molecule has 3 rings (SSSR count). The number of amides is 1. The van der Waals surface area contributed by atoms with E-state index < -0.39 is 0 Å². The molecule has 0 bridgehead atoms. The molecule has 1 unspecified atom stereocenters. The second kappa shape index (κ2) is 7.96. The number of hydrogen-bond donors (Lipinski definition) is 2. The zero-order valence-corrected chi connectivity index (χ0v) is 14.8. The van der Waals surface area contributed by atoms with Crippen molar-refractivity contribution in [2.45, 2.75) is 39.2 Å². The fourth-order valence-electron chi connectivity index (χ4n) is 2.83. The fourth-order valence-corrected chi connectivity index (χ4v) is 2.83. The minimum atomic E-state index is -0.177.